The fourth-order valence-electron chi connectivity index (χ4n) is 2.35. The third-order valence-electron chi connectivity index (χ3n) is 3.47. The maximum absolute atomic E-state index is 5.44. The van der Waals surface area contributed by atoms with Crippen molar-refractivity contribution < 1.29 is 9.47 Å². The fourth-order valence-corrected chi connectivity index (χ4v) is 2.98. The van der Waals surface area contributed by atoms with Crippen molar-refractivity contribution in [3.05, 3.63) is 57.3 Å². The molecule has 25 heavy (non-hydrogen) atoms. The second-order valence-electron chi connectivity index (χ2n) is 5.01. The van der Waals surface area contributed by atoms with Crippen molar-refractivity contribution in [2.75, 3.05) is 14.2 Å². The van der Waals surface area contributed by atoms with Crippen molar-refractivity contribution in [1.29, 1.82) is 0 Å². The summed E-state index contributed by atoms with van der Waals surface area (Å²) in [5.41, 5.74) is 1.65. The summed E-state index contributed by atoms with van der Waals surface area (Å²) in [5, 5.41) is 11.5. The van der Waals surface area contributed by atoms with Crippen LogP contribution < -0.4 is 9.47 Å². The van der Waals surface area contributed by atoms with Crippen molar-refractivity contribution in [2.45, 2.75) is 0 Å². The summed E-state index contributed by atoms with van der Waals surface area (Å²) in [7, 11) is 3.17. The zero-order valence-corrected chi connectivity index (χ0v) is 16.0. The molecule has 0 radical (unpaired) electrons. The van der Waals surface area contributed by atoms with Crippen LogP contribution in [0.5, 0.6) is 11.5 Å². The topological polar surface area (TPSA) is 64.4 Å². The van der Waals surface area contributed by atoms with Crippen LogP contribution in [0.4, 0.5) is 0 Å². The summed E-state index contributed by atoms with van der Waals surface area (Å²) >= 11 is 8.75. The van der Waals surface area contributed by atoms with Gasteiger partial charge in [-0.3, -0.25) is 0 Å². The molecule has 0 spiro atoms. The molecule has 0 atom stereocenters. The van der Waals surface area contributed by atoms with E-state index in [-0.39, 0.29) is 0 Å². The number of benzene rings is 2. The molecular formula is C17H15BrN4O2S. The van der Waals surface area contributed by atoms with E-state index in [1.807, 2.05) is 42.5 Å². The molecule has 3 rings (SSSR count). The lowest BCUT2D eigenvalue weighted by Crippen LogP contribution is -1.98. The number of hydrogen-bond donors (Lipinski definition) is 1. The zero-order valence-electron chi connectivity index (χ0n) is 13.6. The van der Waals surface area contributed by atoms with E-state index in [0.29, 0.717) is 22.1 Å². The zero-order chi connectivity index (χ0) is 17.8. The highest BCUT2D eigenvalue weighted by Crippen LogP contribution is 2.33. The summed E-state index contributed by atoms with van der Waals surface area (Å²) in [4.78, 5) is 0. The first-order valence-electron chi connectivity index (χ1n) is 7.32. The van der Waals surface area contributed by atoms with Crippen LogP contribution in [0.25, 0.3) is 11.4 Å². The SMILES string of the molecule is COc1cc(Br)cc(/C=N\n2c(-c3ccccc3)n[nH]c2=S)c1OC. The molecule has 0 aliphatic rings. The van der Waals surface area contributed by atoms with Gasteiger partial charge in [0.15, 0.2) is 17.3 Å². The van der Waals surface area contributed by atoms with Gasteiger partial charge in [0.05, 0.1) is 20.4 Å². The van der Waals surface area contributed by atoms with E-state index in [1.165, 1.54) is 0 Å². The summed E-state index contributed by atoms with van der Waals surface area (Å²) < 4.78 is 13.6. The third-order valence-corrected chi connectivity index (χ3v) is 4.19. The van der Waals surface area contributed by atoms with Gasteiger partial charge in [-0.05, 0) is 24.4 Å². The summed E-state index contributed by atoms with van der Waals surface area (Å²) in [6, 6.07) is 13.4. The van der Waals surface area contributed by atoms with E-state index in [9.17, 15) is 0 Å². The van der Waals surface area contributed by atoms with Gasteiger partial charge in [0.2, 0.25) is 4.77 Å². The predicted octanol–water partition coefficient (Wildman–Crippen LogP) is 4.27. The van der Waals surface area contributed by atoms with Gasteiger partial charge in [0.25, 0.3) is 0 Å². The van der Waals surface area contributed by atoms with Crippen molar-refractivity contribution in [3.8, 4) is 22.9 Å². The lowest BCUT2D eigenvalue weighted by Gasteiger charge is -2.11. The van der Waals surface area contributed by atoms with Gasteiger partial charge in [-0.1, -0.05) is 46.3 Å². The molecule has 1 heterocycles. The van der Waals surface area contributed by atoms with Gasteiger partial charge in [0, 0.05) is 15.6 Å². The molecule has 1 N–H and O–H groups in total. The maximum Gasteiger partial charge on any atom is 0.216 e. The van der Waals surface area contributed by atoms with Crippen molar-refractivity contribution in [2.24, 2.45) is 5.10 Å². The number of methoxy groups -OCH3 is 2. The first-order valence-corrected chi connectivity index (χ1v) is 8.53. The number of rotatable bonds is 5. The Bertz CT molecular complexity index is 967. The lowest BCUT2D eigenvalue weighted by molar-refractivity contribution is 0.354. The first-order chi connectivity index (χ1) is 12.1. The summed E-state index contributed by atoms with van der Waals surface area (Å²) in [6.45, 7) is 0. The normalized spacial score (nSPS) is 11.0. The molecule has 0 unspecified atom stereocenters. The van der Waals surface area contributed by atoms with E-state index in [0.717, 1.165) is 15.6 Å². The van der Waals surface area contributed by atoms with Gasteiger partial charge in [0.1, 0.15) is 0 Å². The van der Waals surface area contributed by atoms with Crippen LogP contribution in [0, 0.1) is 4.77 Å². The molecule has 0 amide bonds. The van der Waals surface area contributed by atoms with Gasteiger partial charge in [-0.15, -0.1) is 0 Å². The van der Waals surface area contributed by atoms with Gasteiger partial charge < -0.3 is 9.47 Å². The van der Waals surface area contributed by atoms with Crippen LogP contribution in [0.15, 0.2) is 52.0 Å². The standard InChI is InChI=1S/C17H15BrN4O2S/c1-23-14-9-13(18)8-12(15(14)24-2)10-19-22-16(20-21-17(22)25)11-6-4-3-5-7-11/h3-10H,1-2H3,(H,21,25)/b19-10-. The molecule has 128 valence electrons. The van der Waals surface area contributed by atoms with Crippen LogP contribution in [-0.4, -0.2) is 35.3 Å². The number of halogens is 1. The quantitative estimate of drug-likeness (QED) is 0.496. The Balaban J connectivity index is 2.06. The number of hydrogen-bond acceptors (Lipinski definition) is 5. The number of nitrogens with one attached hydrogen (secondary N) is 1. The van der Waals surface area contributed by atoms with Crippen molar-refractivity contribution in [1.82, 2.24) is 14.9 Å². The highest BCUT2D eigenvalue weighted by Gasteiger charge is 2.11. The molecular weight excluding hydrogens is 404 g/mol. The molecule has 1 aromatic heterocycles. The van der Waals surface area contributed by atoms with Gasteiger partial charge in [-0.25, -0.2) is 5.10 Å². The Hall–Kier alpha value is -2.45. The minimum atomic E-state index is 0.399. The lowest BCUT2D eigenvalue weighted by atomic mass is 10.2. The Morgan fingerprint density at radius 3 is 2.64 bits per heavy atom. The van der Waals surface area contributed by atoms with Crippen LogP contribution >= 0.6 is 28.1 Å². The van der Waals surface area contributed by atoms with Crippen molar-refractivity contribution >= 4 is 34.4 Å². The molecule has 0 saturated heterocycles. The van der Waals surface area contributed by atoms with Crippen LogP contribution in [0.2, 0.25) is 0 Å². The smallest absolute Gasteiger partial charge is 0.216 e. The minimum absolute atomic E-state index is 0.399. The Labute approximate surface area is 158 Å². The van der Waals surface area contributed by atoms with Crippen LogP contribution in [0.1, 0.15) is 5.56 Å². The Kier molecular flexibility index (Phi) is 5.30. The van der Waals surface area contributed by atoms with Gasteiger partial charge in [-0.2, -0.15) is 14.9 Å². The van der Waals surface area contributed by atoms with E-state index in [1.54, 1.807) is 25.1 Å². The molecule has 6 nitrogen and oxygen atoms in total. The summed E-state index contributed by atoms with van der Waals surface area (Å²) in [6.07, 6.45) is 1.66. The second kappa shape index (κ2) is 7.62. The molecule has 0 bridgehead atoms. The second-order valence-corrected chi connectivity index (χ2v) is 6.31. The first kappa shape index (κ1) is 17.4. The molecule has 3 aromatic rings. The monoisotopic (exact) mass is 418 g/mol. The largest absolute Gasteiger partial charge is 0.493 e. The summed E-state index contributed by atoms with van der Waals surface area (Å²) in [5.74, 6) is 1.82. The maximum atomic E-state index is 5.44. The molecule has 8 heteroatoms. The number of aromatic nitrogens is 3. The number of nitrogens with zero attached hydrogens (tertiary/aromatic N) is 3. The number of H-pyrrole nitrogens is 1. The van der Waals surface area contributed by atoms with E-state index in [2.05, 4.69) is 31.2 Å². The molecule has 0 fully saturated rings. The van der Waals surface area contributed by atoms with Crippen LogP contribution in [-0.2, 0) is 0 Å². The highest BCUT2D eigenvalue weighted by molar-refractivity contribution is 9.10. The van der Waals surface area contributed by atoms with E-state index in [4.69, 9.17) is 21.7 Å². The molecule has 0 aliphatic heterocycles. The fraction of sp³-hybridized carbons (Fsp3) is 0.118. The predicted molar refractivity (Wildman–Crippen MR) is 103 cm³/mol. The molecule has 0 saturated carbocycles. The minimum Gasteiger partial charge on any atom is -0.493 e. The third kappa shape index (κ3) is 3.64. The van der Waals surface area contributed by atoms with Crippen molar-refractivity contribution in [3.63, 3.8) is 0 Å². The Morgan fingerprint density at radius 2 is 1.96 bits per heavy atom. The highest BCUT2D eigenvalue weighted by atomic mass is 79.9. The van der Waals surface area contributed by atoms with E-state index >= 15 is 0 Å². The number of aromatic amines is 1. The molecule has 0 aliphatic carbocycles. The number of ether oxygens (including phenoxy) is 2. The van der Waals surface area contributed by atoms with Crippen LogP contribution in [0.3, 0.4) is 0 Å². The van der Waals surface area contributed by atoms with Gasteiger partial charge >= 0.3 is 0 Å². The average molecular weight is 419 g/mol. The Morgan fingerprint density at radius 1 is 1.20 bits per heavy atom. The molecule has 2 aromatic carbocycles. The average Bonchev–Trinajstić information content (AvgIpc) is 3.00. The van der Waals surface area contributed by atoms with E-state index < -0.39 is 0 Å².